The summed E-state index contributed by atoms with van der Waals surface area (Å²) < 4.78 is 0. The molecule has 3 nitrogen and oxygen atoms in total. The van der Waals surface area contributed by atoms with Crippen LogP contribution in [-0.2, 0) is 9.59 Å². The molecule has 0 heterocycles. The van der Waals surface area contributed by atoms with Crippen LogP contribution in [0.25, 0.3) is 0 Å². The van der Waals surface area contributed by atoms with E-state index in [0.717, 1.165) is 31.3 Å². The lowest BCUT2D eigenvalue weighted by molar-refractivity contribution is -0.118. The van der Waals surface area contributed by atoms with Gasteiger partial charge in [-0.2, -0.15) is 0 Å². The van der Waals surface area contributed by atoms with Crippen molar-refractivity contribution < 1.29 is 9.59 Å². The fourth-order valence-electron chi connectivity index (χ4n) is 4.09. The summed E-state index contributed by atoms with van der Waals surface area (Å²) in [4.78, 5) is 23.3. The highest BCUT2D eigenvalue weighted by atomic mass is 16.1. The first-order valence-electron chi connectivity index (χ1n) is 8.66. The lowest BCUT2D eigenvalue weighted by atomic mass is 9.75. The molecular formula is C20H25NO2. The first kappa shape index (κ1) is 16.0. The first-order valence-corrected chi connectivity index (χ1v) is 8.66. The molecule has 0 saturated heterocycles. The highest BCUT2D eigenvalue weighted by molar-refractivity contribution is 5.92. The van der Waals surface area contributed by atoms with Gasteiger partial charge < -0.3 is 5.73 Å². The van der Waals surface area contributed by atoms with Gasteiger partial charge in [-0.25, -0.2) is 0 Å². The number of rotatable bonds is 4. The lowest BCUT2D eigenvalue weighted by Crippen LogP contribution is -2.17. The predicted molar refractivity (Wildman–Crippen MR) is 91.5 cm³/mol. The Kier molecular flexibility index (Phi) is 4.65. The minimum atomic E-state index is -0.274. The second-order valence-electron chi connectivity index (χ2n) is 7.08. The van der Waals surface area contributed by atoms with E-state index in [2.05, 4.69) is 18.2 Å². The van der Waals surface area contributed by atoms with Gasteiger partial charge in [0, 0.05) is 12.8 Å². The van der Waals surface area contributed by atoms with Crippen LogP contribution in [0.4, 0.5) is 0 Å². The number of primary amides is 1. The molecule has 3 aliphatic rings. The van der Waals surface area contributed by atoms with Crippen molar-refractivity contribution >= 4 is 11.7 Å². The molecule has 0 saturated carbocycles. The maximum Gasteiger partial charge on any atom is 0.217 e. The Bertz CT molecular complexity index is 649. The molecule has 3 aliphatic carbocycles. The molecule has 2 unspecified atom stereocenters. The Morgan fingerprint density at radius 1 is 1.39 bits per heavy atom. The number of allylic oxidation sites excluding steroid dienone is 8. The molecule has 0 aromatic carbocycles. The Hall–Kier alpha value is -1.90. The van der Waals surface area contributed by atoms with Crippen LogP contribution >= 0.6 is 0 Å². The molecule has 2 atom stereocenters. The van der Waals surface area contributed by atoms with Crippen LogP contribution in [-0.4, -0.2) is 11.7 Å². The van der Waals surface area contributed by atoms with Gasteiger partial charge >= 0.3 is 0 Å². The normalized spacial score (nSPS) is 25.1. The van der Waals surface area contributed by atoms with Gasteiger partial charge in [-0.15, -0.1) is 0 Å². The zero-order valence-electron chi connectivity index (χ0n) is 13.8. The molecule has 0 radical (unpaired) electrons. The Morgan fingerprint density at radius 2 is 2.22 bits per heavy atom. The van der Waals surface area contributed by atoms with Crippen LogP contribution in [0.5, 0.6) is 0 Å². The maximum absolute atomic E-state index is 12.2. The van der Waals surface area contributed by atoms with Gasteiger partial charge in [0.1, 0.15) is 0 Å². The largest absolute Gasteiger partial charge is 0.370 e. The summed E-state index contributed by atoms with van der Waals surface area (Å²) in [6, 6.07) is 0. The van der Waals surface area contributed by atoms with Crippen LogP contribution in [0.1, 0.15) is 51.9 Å². The summed E-state index contributed by atoms with van der Waals surface area (Å²) in [5, 5.41) is 0. The fourth-order valence-corrected chi connectivity index (χ4v) is 4.09. The predicted octanol–water partition coefficient (Wildman–Crippen LogP) is 3.77. The van der Waals surface area contributed by atoms with Gasteiger partial charge in [0.2, 0.25) is 5.91 Å². The quantitative estimate of drug-likeness (QED) is 0.859. The summed E-state index contributed by atoms with van der Waals surface area (Å²) >= 11 is 0. The second-order valence-corrected chi connectivity index (χ2v) is 7.08. The van der Waals surface area contributed by atoms with Gasteiger partial charge in [0.25, 0.3) is 0 Å². The van der Waals surface area contributed by atoms with E-state index >= 15 is 0 Å². The molecule has 0 spiro atoms. The average Bonchev–Trinajstić information content (AvgIpc) is 2.66. The van der Waals surface area contributed by atoms with Crippen molar-refractivity contribution in [2.45, 2.75) is 51.9 Å². The van der Waals surface area contributed by atoms with Crippen molar-refractivity contribution in [1.29, 1.82) is 0 Å². The van der Waals surface area contributed by atoms with Crippen LogP contribution in [0.3, 0.4) is 0 Å². The fraction of sp³-hybridized carbons (Fsp3) is 0.500. The number of ketones is 1. The smallest absolute Gasteiger partial charge is 0.217 e. The summed E-state index contributed by atoms with van der Waals surface area (Å²) in [5.74, 6) is 0.711. The summed E-state index contributed by atoms with van der Waals surface area (Å²) in [7, 11) is 0. The Balaban J connectivity index is 1.92. The van der Waals surface area contributed by atoms with Crippen LogP contribution in [0.15, 0.2) is 46.6 Å². The zero-order valence-corrected chi connectivity index (χ0v) is 13.8. The Morgan fingerprint density at radius 3 is 3.00 bits per heavy atom. The van der Waals surface area contributed by atoms with E-state index in [-0.39, 0.29) is 17.6 Å². The number of carbonyl (C=O) groups is 2. The number of hydrogen-bond acceptors (Lipinski definition) is 2. The van der Waals surface area contributed by atoms with Crippen molar-refractivity contribution in [2.75, 3.05) is 0 Å². The van der Waals surface area contributed by atoms with E-state index in [9.17, 15) is 9.59 Å². The number of carbonyl (C=O) groups excluding carboxylic acids is 2. The van der Waals surface area contributed by atoms with Gasteiger partial charge in [-0.1, -0.05) is 25.2 Å². The monoisotopic (exact) mass is 311 g/mol. The number of nitrogens with two attached hydrogens (primary N) is 1. The highest BCUT2D eigenvalue weighted by Gasteiger charge is 2.28. The van der Waals surface area contributed by atoms with Gasteiger partial charge in [-0.3, -0.25) is 9.59 Å². The van der Waals surface area contributed by atoms with Crippen LogP contribution < -0.4 is 5.73 Å². The van der Waals surface area contributed by atoms with Crippen molar-refractivity contribution in [1.82, 2.24) is 0 Å². The maximum atomic E-state index is 12.2. The van der Waals surface area contributed by atoms with Gasteiger partial charge in [0.05, 0.1) is 0 Å². The molecule has 0 fully saturated rings. The molecule has 3 rings (SSSR count). The molecule has 0 aromatic heterocycles. The first-order chi connectivity index (χ1) is 11.0. The van der Waals surface area contributed by atoms with E-state index in [1.54, 1.807) is 0 Å². The minimum Gasteiger partial charge on any atom is -0.370 e. The van der Waals surface area contributed by atoms with E-state index in [1.165, 1.54) is 23.1 Å². The summed E-state index contributed by atoms with van der Waals surface area (Å²) in [5.41, 5.74) is 10.5. The zero-order chi connectivity index (χ0) is 16.4. The van der Waals surface area contributed by atoms with Crippen molar-refractivity contribution in [3.05, 3.63) is 46.6 Å². The number of hydrogen-bond donors (Lipinski definition) is 1. The topological polar surface area (TPSA) is 60.2 Å². The third kappa shape index (κ3) is 3.54. The number of amides is 1. The summed E-state index contributed by atoms with van der Waals surface area (Å²) in [6.07, 6.45) is 14.6. The van der Waals surface area contributed by atoms with Crippen molar-refractivity contribution in [2.24, 2.45) is 17.6 Å². The summed E-state index contributed by atoms with van der Waals surface area (Å²) in [6.45, 7) is 2.03. The molecule has 1 amide bonds. The second kappa shape index (κ2) is 6.69. The minimum absolute atomic E-state index is 0.163. The SMILES string of the molecule is CC(CC(N)=O)CC1=CC(=O)CCC2=C3C=CCCC3CC=C12. The average molecular weight is 311 g/mol. The molecule has 2 N–H and O–H groups in total. The molecule has 0 aromatic rings. The van der Waals surface area contributed by atoms with E-state index in [0.29, 0.717) is 18.8 Å². The molecule has 23 heavy (non-hydrogen) atoms. The standard InChI is InChI=1S/C20H25NO2/c1-13(11-20(21)23)10-15-12-16(22)7-9-19-17-5-3-2-4-14(17)6-8-18(15)19/h3,5,8,12-14H,2,4,6-7,9-11H2,1H3,(H2,21,23). The molecular weight excluding hydrogens is 286 g/mol. The highest BCUT2D eigenvalue weighted by Crippen LogP contribution is 2.43. The van der Waals surface area contributed by atoms with E-state index in [4.69, 9.17) is 5.73 Å². The molecule has 122 valence electrons. The number of fused-ring (bicyclic) bond motifs is 2. The molecule has 3 heteroatoms. The van der Waals surface area contributed by atoms with E-state index in [1.807, 2.05) is 13.0 Å². The van der Waals surface area contributed by atoms with Gasteiger partial charge in [-0.05, 0) is 72.3 Å². The van der Waals surface area contributed by atoms with Crippen molar-refractivity contribution in [3.63, 3.8) is 0 Å². The van der Waals surface area contributed by atoms with E-state index < -0.39 is 0 Å². The lowest BCUT2D eigenvalue weighted by Gasteiger charge is -2.30. The van der Waals surface area contributed by atoms with Gasteiger partial charge in [0.15, 0.2) is 5.78 Å². The third-order valence-electron chi connectivity index (χ3n) is 5.12. The molecule has 0 bridgehead atoms. The van der Waals surface area contributed by atoms with Crippen LogP contribution in [0, 0.1) is 11.8 Å². The third-order valence-corrected chi connectivity index (χ3v) is 5.12. The van der Waals surface area contributed by atoms with Crippen LogP contribution in [0.2, 0.25) is 0 Å². The Labute approximate surface area is 138 Å². The van der Waals surface area contributed by atoms with Crippen molar-refractivity contribution in [3.8, 4) is 0 Å². The molecule has 0 aliphatic heterocycles.